The molecule has 1 fully saturated rings. The summed E-state index contributed by atoms with van der Waals surface area (Å²) >= 11 is 0. The van der Waals surface area contributed by atoms with Gasteiger partial charge >= 0.3 is 0 Å². The minimum atomic E-state index is -0.862. The molecule has 0 N–H and O–H groups in total. The standard InChI is InChI=1S/C14H20O2/c1-5-7-14(8-6-2)11(15)9-13(3,4)10-12(14)16/h5-6H,1-2,7-10H2,3-4H3. The number of hydrogen-bond donors (Lipinski definition) is 0. The molecule has 0 aliphatic heterocycles. The Kier molecular flexibility index (Phi) is 3.51. The quantitative estimate of drug-likeness (QED) is 0.539. The lowest BCUT2D eigenvalue weighted by Crippen LogP contribution is -2.47. The normalized spacial score (nSPS) is 22.9. The molecule has 0 heterocycles. The van der Waals surface area contributed by atoms with Crippen molar-refractivity contribution in [1.29, 1.82) is 0 Å². The third kappa shape index (κ3) is 2.16. The zero-order chi connectivity index (χ0) is 12.4. The molecule has 0 saturated heterocycles. The van der Waals surface area contributed by atoms with Gasteiger partial charge in [-0.05, 0) is 18.3 Å². The molecule has 0 bridgehead atoms. The number of allylic oxidation sites excluding steroid dienone is 2. The van der Waals surface area contributed by atoms with Crippen molar-refractivity contribution in [2.45, 2.75) is 39.5 Å². The van der Waals surface area contributed by atoms with Crippen molar-refractivity contribution in [1.82, 2.24) is 0 Å². The van der Waals surface area contributed by atoms with Crippen LogP contribution in [0.3, 0.4) is 0 Å². The summed E-state index contributed by atoms with van der Waals surface area (Å²) in [6.45, 7) is 11.2. The van der Waals surface area contributed by atoms with Gasteiger partial charge in [0.15, 0.2) is 0 Å². The monoisotopic (exact) mass is 220 g/mol. The Balaban J connectivity index is 3.08. The second-order valence-corrected chi connectivity index (χ2v) is 5.43. The summed E-state index contributed by atoms with van der Waals surface area (Å²) in [4.78, 5) is 24.4. The zero-order valence-corrected chi connectivity index (χ0v) is 10.2. The Bertz CT molecular complexity index is 305. The Morgan fingerprint density at radius 3 is 1.75 bits per heavy atom. The maximum absolute atomic E-state index is 12.2. The van der Waals surface area contributed by atoms with Gasteiger partial charge in [0.1, 0.15) is 11.6 Å². The number of ketones is 2. The summed E-state index contributed by atoms with van der Waals surface area (Å²) in [7, 11) is 0. The van der Waals surface area contributed by atoms with Crippen LogP contribution >= 0.6 is 0 Å². The third-order valence-electron chi connectivity index (χ3n) is 3.33. The van der Waals surface area contributed by atoms with Crippen molar-refractivity contribution < 1.29 is 9.59 Å². The molecule has 1 rings (SSSR count). The number of carbonyl (C=O) groups excluding carboxylic acids is 2. The summed E-state index contributed by atoms with van der Waals surface area (Å²) in [5.74, 6) is 0.0992. The summed E-state index contributed by atoms with van der Waals surface area (Å²) in [5, 5.41) is 0. The van der Waals surface area contributed by atoms with E-state index >= 15 is 0 Å². The summed E-state index contributed by atoms with van der Waals surface area (Å²) < 4.78 is 0. The largest absolute Gasteiger partial charge is 0.299 e. The lowest BCUT2D eigenvalue weighted by atomic mass is 9.61. The highest BCUT2D eigenvalue weighted by molar-refractivity contribution is 6.09. The van der Waals surface area contributed by atoms with E-state index in [1.54, 1.807) is 12.2 Å². The molecule has 88 valence electrons. The van der Waals surface area contributed by atoms with Crippen LogP contribution in [0.4, 0.5) is 0 Å². The fourth-order valence-electron chi connectivity index (χ4n) is 2.46. The van der Waals surface area contributed by atoms with Gasteiger partial charge in [-0.2, -0.15) is 0 Å². The first-order valence-electron chi connectivity index (χ1n) is 5.66. The van der Waals surface area contributed by atoms with Gasteiger partial charge < -0.3 is 0 Å². The molecule has 1 aliphatic carbocycles. The first kappa shape index (κ1) is 12.9. The van der Waals surface area contributed by atoms with Crippen molar-refractivity contribution >= 4 is 11.6 Å². The lowest BCUT2D eigenvalue weighted by Gasteiger charge is -2.39. The zero-order valence-electron chi connectivity index (χ0n) is 10.2. The Labute approximate surface area is 97.4 Å². The number of carbonyl (C=O) groups is 2. The molecule has 2 heteroatoms. The van der Waals surface area contributed by atoms with Gasteiger partial charge in [0, 0.05) is 12.8 Å². The molecular formula is C14H20O2. The van der Waals surface area contributed by atoms with Gasteiger partial charge in [-0.25, -0.2) is 0 Å². The highest BCUT2D eigenvalue weighted by Gasteiger charge is 2.49. The van der Waals surface area contributed by atoms with Crippen molar-refractivity contribution in [2.24, 2.45) is 10.8 Å². The van der Waals surface area contributed by atoms with E-state index in [-0.39, 0.29) is 17.0 Å². The van der Waals surface area contributed by atoms with E-state index in [9.17, 15) is 9.59 Å². The van der Waals surface area contributed by atoms with E-state index in [2.05, 4.69) is 13.2 Å². The summed E-state index contributed by atoms with van der Waals surface area (Å²) in [6, 6.07) is 0. The minimum absolute atomic E-state index is 0.0496. The highest BCUT2D eigenvalue weighted by atomic mass is 16.2. The van der Waals surface area contributed by atoms with E-state index < -0.39 is 5.41 Å². The van der Waals surface area contributed by atoms with Gasteiger partial charge in [0.25, 0.3) is 0 Å². The Morgan fingerprint density at radius 2 is 1.44 bits per heavy atom. The Hall–Kier alpha value is -1.18. The van der Waals surface area contributed by atoms with E-state index in [1.165, 1.54) is 0 Å². The maximum Gasteiger partial charge on any atom is 0.147 e. The number of hydrogen-bond acceptors (Lipinski definition) is 2. The first-order chi connectivity index (χ1) is 7.38. The average molecular weight is 220 g/mol. The van der Waals surface area contributed by atoms with E-state index in [1.807, 2.05) is 13.8 Å². The maximum atomic E-state index is 12.2. The summed E-state index contributed by atoms with van der Waals surface area (Å²) in [5.41, 5.74) is -1.06. The van der Waals surface area contributed by atoms with Gasteiger partial charge in [-0.1, -0.05) is 26.0 Å². The van der Waals surface area contributed by atoms with Crippen molar-refractivity contribution in [3.63, 3.8) is 0 Å². The molecule has 0 aromatic rings. The van der Waals surface area contributed by atoms with Gasteiger partial charge in [0.05, 0.1) is 5.41 Å². The minimum Gasteiger partial charge on any atom is -0.299 e. The van der Waals surface area contributed by atoms with E-state index in [0.717, 1.165) is 0 Å². The van der Waals surface area contributed by atoms with Gasteiger partial charge in [-0.15, -0.1) is 13.2 Å². The molecule has 0 aromatic heterocycles. The molecule has 1 saturated carbocycles. The van der Waals surface area contributed by atoms with Gasteiger partial charge in [0.2, 0.25) is 0 Å². The molecule has 16 heavy (non-hydrogen) atoms. The van der Waals surface area contributed by atoms with Crippen LogP contribution in [0, 0.1) is 10.8 Å². The molecular weight excluding hydrogens is 200 g/mol. The second-order valence-electron chi connectivity index (χ2n) is 5.43. The smallest absolute Gasteiger partial charge is 0.147 e. The van der Waals surface area contributed by atoms with Crippen LogP contribution in [0.1, 0.15) is 39.5 Å². The lowest BCUT2D eigenvalue weighted by molar-refractivity contribution is -0.147. The first-order valence-corrected chi connectivity index (χ1v) is 5.66. The van der Waals surface area contributed by atoms with Gasteiger partial charge in [-0.3, -0.25) is 9.59 Å². The van der Waals surface area contributed by atoms with Crippen molar-refractivity contribution in [3.05, 3.63) is 25.3 Å². The molecule has 2 nitrogen and oxygen atoms in total. The molecule has 0 spiro atoms. The summed E-state index contributed by atoms with van der Waals surface area (Å²) in [6.07, 6.45) is 5.15. The van der Waals surface area contributed by atoms with Crippen LogP contribution in [0.15, 0.2) is 25.3 Å². The van der Waals surface area contributed by atoms with Crippen molar-refractivity contribution in [3.8, 4) is 0 Å². The van der Waals surface area contributed by atoms with Crippen molar-refractivity contribution in [2.75, 3.05) is 0 Å². The Morgan fingerprint density at radius 1 is 1.06 bits per heavy atom. The van der Waals surface area contributed by atoms with E-state index in [4.69, 9.17) is 0 Å². The second kappa shape index (κ2) is 4.36. The molecule has 0 amide bonds. The van der Waals surface area contributed by atoms with Crippen LogP contribution in [0.5, 0.6) is 0 Å². The molecule has 0 aromatic carbocycles. The molecule has 0 radical (unpaired) electrons. The molecule has 0 atom stereocenters. The van der Waals surface area contributed by atoms with Crippen LogP contribution in [-0.4, -0.2) is 11.6 Å². The average Bonchev–Trinajstić information content (AvgIpc) is 2.13. The molecule has 1 aliphatic rings. The van der Waals surface area contributed by atoms with Crippen LogP contribution in [0.25, 0.3) is 0 Å². The predicted molar refractivity (Wildman–Crippen MR) is 65.1 cm³/mol. The van der Waals surface area contributed by atoms with E-state index in [0.29, 0.717) is 25.7 Å². The van der Waals surface area contributed by atoms with Crippen LogP contribution in [0.2, 0.25) is 0 Å². The number of rotatable bonds is 4. The number of Topliss-reactive ketones (excluding diaryl/α,β-unsaturated/α-hetero) is 2. The van der Waals surface area contributed by atoms with Crippen LogP contribution < -0.4 is 0 Å². The fourth-order valence-corrected chi connectivity index (χ4v) is 2.46. The third-order valence-corrected chi connectivity index (χ3v) is 3.33. The van der Waals surface area contributed by atoms with Crippen LogP contribution in [-0.2, 0) is 9.59 Å². The molecule has 0 unspecified atom stereocenters. The fraction of sp³-hybridized carbons (Fsp3) is 0.571. The SMILES string of the molecule is C=CCC1(CC=C)C(=O)CC(C)(C)CC1=O. The topological polar surface area (TPSA) is 34.1 Å². The predicted octanol–water partition coefficient (Wildman–Crippen LogP) is 3.08. The highest BCUT2D eigenvalue weighted by Crippen LogP contribution is 2.44.